The topological polar surface area (TPSA) is 59.8 Å². The number of thiazole rings is 1. The molecule has 0 saturated heterocycles. The Morgan fingerprint density at radius 1 is 1.19 bits per heavy atom. The van der Waals surface area contributed by atoms with E-state index in [0.29, 0.717) is 18.7 Å². The Labute approximate surface area is 165 Å². The van der Waals surface area contributed by atoms with Gasteiger partial charge in [-0.3, -0.25) is 9.48 Å². The number of carbonyl (C=O) groups excluding carboxylic acids is 1. The Hall–Kier alpha value is -2.77. The highest BCUT2D eigenvalue weighted by Crippen LogP contribution is 2.28. The molecule has 0 aliphatic carbocycles. The van der Waals surface area contributed by atoms with E-state index in [-0.39, 0.29) is 5.91 Å². The Morgan fingerprint density at radius 3 is 2.81 bits per heavy atom. The van der Waals surface area contributed by atoms with E-state index in [4.69, 9.17) is 0 Å². The number of amides is 1. The van der Waals surface area contributed by atoms with Gasteiger partial charge in [0.05, 0.1) is 40.4 Å². The summed E-state index contributed by atoms with van der Waals surface area (Å²) < 4.78 is 1.78. The third-order valence-electron chi connectivity index (χ3n) is 4.04. The van der Waals surface area contributed by atoms with E-state index in [9.17, 15) is 4.79 Å². The molecule has 0 radical (unpaired) electrons. The van der Waals surface area contributed by atoms with Gasteiger partial charge in [0, 0.05) is 16.5 Å². The van der Waals surface area contributed by atoms with E-state index in [2.05, 4.69) is 26.8 Å². The minimum absolute atomic E-state index is 0.117. The van der Waals surface area contributed by atoms with Crippen LogP contribution in [0.25, 0.3) is 10.6 Å². The zero-order valence-corrected chi connectivity index (χ0v) is 16.4. The summed E-state index contributed by atoms with van der Waals surface area (Å²) in [6, 6.07) is 14.1. The molecule has 136 valence electrons. The van der Waals surface area contributed by atoms with Crippen LogP contribution in [-0.4, -0.2) is 20.7 Å². The van der Waals surface area contributed by atoms with Crippen LogP contribution in [0.1, 0.15) is 25.8 Å². The molecule has 0 bridgehead atoms. The molecule has 0 fully saturated rings. The lowest BCUT2D eigenvalue weighted by Crippen LogP contribution is -2.21. The average Bonchev–Trinajstić information content (AvgIpc) is 3.41. The fraction of sp³-hybridized carbons (Fsp3) is 0.150. The largest absolute Gasteiger partial charge is 0.347 e. The fourth-order valence-corrected chi connectivity index (χ4v) is 4.29. The molecule has 0 unspecified atom stereocenters. The number of hydrogen-bond acceptors (Lipinski definition) is 5. The summed E-state index contributed by atoms with van der Waals surface area (Å²) >= 11 is 3.30. The lowest BCUT2D eigenvalue weighted by Gasteiger charge is -2.02. The number of benzene rings is 1. The van der Waals surface area contributed by atoms with Gasteiger partial charge in [-0.15, -0.1) is 22.7 Å². The zero-order chi connectivity index (χ0) is 18.6. The number of thiophene rings is 1. The second-order valence-electron chi connectivity index (χ2n) is 6.11. The molecular formula is C20H18N4OS2. The molecule has 5 nitrogen and oxygen atoms in total. The molecule has 3 aromatic heterocycles. The van der Waals surface area contributed by atoms with E-state index < -0.39 is 0 Å². The van der Waals surface area contributed by atoms with Crippen molar-refractivity contribution < 1.29 is 4.79 Å². The summed E-state index contributed by atoms with van der Waals surface area (Å²) in [5, 5.41) is 10.4. The summed E-state index contributed by atoms with van der Waals surface area (Å²) in [5.74, 6) is -0.117. The maximum atomic E-state index is 12.4. The van der Waals surface area contributed by atoms with E-state index in [1.54, 1.807) is 39.7 Å². The van der Waals surface area contributed by atoms with Gasteiger partial charge < -0.3 is 5.32 Å². The lowest BCUT2D eigenvalue weighted by atomic mass is 10.2. The van der Waals surface area contributed by atoms with Crippen molar-refractivity contribution in [3.8, 4) is 10.6 Å². The van der Waals surface area contributed by atoms with Crippen LogP contribution in [0.5, 0.6) is 0 Å². The van der Waals surface area contributed by atoms with Gasteiger partial charge in [-0.1, -0.05) is 30.3 Å². The van der Waals surface area contributed by atoms with Crippen LogP contribution in [0.3, 0.4) is 0 Å². The third-order valence-corrected chi connectivity index (χ3v) is 5.92. The quantitative estimate of drug-likeness (QED) is 0.529. The van der Waals surface area contributed by atoms with Gasteiger partial charge >= 0.3 is 0 Å². The van der Waals surface area contributed by atoms with Crippen LogP contribution in [0.15, 0.2) is 60.2 Å². The van der Waals surface area contributed by atoms with Crippen LogP contribution in [0.2, 0.25) is 0 Å². The second-order valence-corrected chi connectivity index (χ2v) is 8.34. The molecule has 0 aliphatic rings. The molecule has 27 heavy (non-hydrogen) atoms. The third kappa shape index (κ3) is 4.32. The van der Waals surface area contributed by atoms with E-state index in [0.717, 1.165) is 26.0 Å². The van der Waals surface area contributed by atoms with Gasteiger partial charge in [0.2, 0.25) is 0 Å². The van der Waals surface area contributed by atoms with Gasteiger partial charge in [-0.2, -0.15) is 5.10 Å². The molecule has 1 aromatic carbocycles. The van der Waals surface area contributed by atoms with E-state index in [1.165, 1.54) is 0 Å². The fourth-order valence-electron chi connectivity index (χ4n) is 2.69. The Bertz CT molecular complexity index is 1050. The normalized spacial score (nSPS) is 10.9. The molecule has 0 saturated carbocycles. The average molecular weight is 395 g/mol. The maximum Gasteiger partial charge on any atom is 0.254 e. The van der Waals surface area contributed by atoms with Crippen molar-refractivity contribution in [3.05, 3.63) is 81.2 Å². The first-order valence-corrected chi connectivity index (χ1v) is 10.2. The van der Waals surface area contributed by atoms with Gasteiger partial charge in [0.25, 0.3) is 5.91 Å². The SMILES string of the molecule is Cc1nc(-c2ccc(CNC(=O)c3cnn(Cc4ccccc4)c3)s2)cs1. The molecular weight excluding hydrogens is 376 g/mol. The minimum atomic E-state index is -0.117. The standard InChI is InChI=1S/C20H18N4OS2/c1-14-23-18(13-26-14)19-8-7-17(27-19)10-21-20(25)16-9-22-24(12-16)11-15-5-3-2-4-6-15/h2-9,12-13H,10-11H2,1H3,(H,21,25). The number of nitrogens with one attached hydrogen (secondary N) is 1. The van der Waals surface area contributed by atoms with Gasteiger partial charge in [0.1, 0.15) is 0 Å². The molecule has 4 rings (SSSR count). The highest BCUT2D eigenvalue weighted by Gasteiger charge is 2.11. The van der Waals surface area contributed by atoms with Crippen LogP contribution in [-0.2, 0) is 13.1 Å². The number of aryl methyl sites for hydroxylation is 1. The minimum Gasteiger partial charge on any atom is -0.347 e. The van der Waals surface area contributed by atoms with Gasteiger partial charge in [-0.25, -0.2) is 4.98 Å². The molecule has 3 heterocycles. The lowest BCUT2D eigenvalue weighted by molar-refractivity contribution is 0.0951. The monoisotopic (exact) mass is 394 g/mol. The summed E-state index contributed by atoms with van der Waals surface area (Å²) in [6.45, 7) is 3.15. The predicted octanol–water partition coefficient (Wildman–Crippen LogP) is 4.35. The van der Waals surface area contributed by atoms with E-state index in [1.807, 2.05) is 43.3 Å². The van der Waals surface area contributed by atoms with E-state index >= 15 is 0 Å². The van der Waals surface area contributed by atoms with Crippen molar-refractivity contribution in [1.82, 2.24) is 20.1 Å². The van der Waals surface area contributed by atoms with Crippen molar-refractivity contribution in [1.29, 1.82) is 0 Å². The highest BCUT2D eigenvalue weighted by atomic mass is 32.1. The summed E-state index contributed by atoms with van der Waals surface area (Å²) in [5.41, 5.74) is 2.72. The highest BCUT2D eigenvalue weighted by molar-refractivity contribution is 7.16. The van der Waals surface area contributed by atoms with Crippen LogP contribution in [0, 0.1) is 6.92 Å². The van der Waals surface area contributed by atoms with Gasteiger partial charge in [0.15, 0.2) is 0 Å². The number of rotatable bonds is 6. The van der Waals surface area contributed by atoms with Crippen LogP contribution in [0.4, 0.5) is 0 Å². The summed E-state index contributed by atoms with van der Waals surface area (Å²) in [4.78, 5) is 19.1. The van der Waals surface area contributed by atoms with Crippen LogP contribution >= 0.6 is 22.7 Å². The number of nitrogens with zero attached hydrogens (tertiary/aromatic N) is 3. The number of carbonyl (C=O) groups is 1. The zero-order valence-electron chi connectivity index (χ0n) is 14.8. The van der Waals surface area contributed by atoms with Crippen LogP contribution < -0.4 is 5.32 Å². The molecule has 1 amide bonds. The molecule has 1 N–H and O–H groups in total. The smallest absolute Gasteiger partial charge is 0.254 e. The number of aromatic nitrogens is 3. The predicted molar refractivity (Wildman–Crippen MR) is 109 cm³/mol. The number of hydrogen-bond donors (Lipinski definition) is 1. The van der Waals surface area contributed by atoms with Crippen molar-refractivity contribution >= 4 is 28.6 Å². The summed E-state index contributed by atoms with van der Waals surface area (Å²) in [7, 11) is 0. The Balaban J connectivity index is 1.35. The molecule has 0 spiro atoms. The van der Waals surface area contributed by atoms with Crippen molar-refractivity contribution in [2.24, 2.45) is 0 Å². The molecule has 7 heteroatoms. The van der Waals surface area contributed by atoms with Crippen molar-refractivity contribution in [3.63, 3.8) is 0 Å². The molecule has 4 aromatic rings. The Morgan fingerprint density at radius 2 is 2.04 bits per heavy atom. The maximum absolute atomic E-state index is 12.4. The first kappa shape index (κ1) is 17.6. The van der Waals surface area contributed by atoms with Crippen molar-refractivity contribution in [2.75, 3.05) is 0 Å². The second kappa shape index (κ2) is 7.85. The van der Waals surface area contributed by atoms with Gasteiger partial charge in [-0.05, 0) is 24.6 Å². The first-order valence-electron chi connectivity index (χ1n) is 8.53. The molecule has 0 aliphatic heterocycles. The first-order chi connectivity index (χ1) is 13.2. The Kier molecular flexibility index (Phi) is 5.13. The summed E-state index contributed by atoms with van der Waals surface area (Å²) in [6.07, 6.45) is 3.39. The van der Waals surface area contributed by atoms with Crippen molar-refractivity contribution in [2.45, 2.75) is 20.0 Å². The molecule has 0 atom stereocenters.